The van der Waals surface area contributed by atoms with Crippen LogP contribution in [0.4, 0.5) is 5.69 Å². The first-order chi connectivity index (χ1) is 10.2. The van der Waals surface area contributed by atoms with Gasteiger partial charge in [-0.3, -0.25) is 4.79 Å². The second-order valence-corrected chi connectivity index (χ2v) is 5.11. The average Bonchev–Trinajstić information content (AvgIpc) is 2.51. The summed E-state index contributed by atoms with van der Waals surface area (Å²) in [7, 11) is 3.25. The van der Waals surface area contributed by atoms with Crippen molar-refractivity contribution < 1.29 is 19.0 Å². The summed E-state index contributed by atoms with van der Waals surface area (Å²) in [6, 6.07) is 3.96. The third-order valence-corrected chi connectivity index (χ3v) is 3.74. The lowest BCUT2D eigenvalue weighted by atomic mass is 9.96. The molecule has 0 bridgehead atoms. The molecule has 1 aromatic rings. The fourth-order valence-electron chi connectivity index (χ4n) is 2.65. The molecule has 116 valence electrons. The summed E-state index contributed by atoms with van der Waals surface area (Å²) < 4.78 is 15.7. The highest BCUT2D eigenvalue weighted by atomic mass is 16.5. The molecule has 1 amide bonds. The first-order valence-electron chi connectivity index (χ1n) is 7.22. The third-order valence-electron chi connectivity index (χ3n) is 3.74. The monoisotopic (exact) mass is 293 g/mol. The van der Waals surface area contributed by atoms with Crippen molar-refractivity contribution in [3.05, 3.63) is 23.3 Å². The molecule has 1 aliphatic rings. The predicted molar refractivity (Wildman–Crippen MR) is 81.1 cm³/mol. The van der Waals surface area contributed by atoms with Crippen LogP contribution >= 0.6 is 0 Å². The van der Waals surface area contributed by atoms with Crippen molar-refractivity contribution in [3.63, 3.8) is 0 Å². The second-order valence-electron chi connectivity index (χ2n) is 5.11. The molecule has 0 spiro atoms. The van der Waals surface area contributed by atoms with E-state index in [1.54, 1.807) is 19.1 Å². The SMILES string of the molecule is COCCOCC(=O)N1CCCc2c(C)ccc(OC)c21. The fourth-order valence-corrected chi connectivity index (χ4v) is 2.65. The van der Waals surface area contributed by atoms with Gasteiger partial charge in [-0.15, -0.1) is 0 Å². The summed E-state index contributed by atoms with van der Waals surface area (Å²) in [5.74, 6) is 0.719. The summed E-state index contributed by atoms with van der Waals surface area (Å²) in [5.41, 5.74) is 3.30. The predicted octanol–water partition coefficient (Wildman–Crippen LogP) is 1.95. The smallest absolute Gasteiger partial charge is 0.253 e. The van der Waals surface area contributed by atoms with Gasteiger partial charge in [-0.1, -0.05) is 6.07 Å². The number of carbonyl (C=O) groups is 1. The lowest BCUT2D eigenvalue weighted by Crippen LogP contribution is -2.38. The Balaban J connectivity index is 2.17. The lowest BCUT2D eigenvalue weighted by Gasteiger charge is -2.32. The number of benzene rings is 1. The number of carbonyl (C=O) groups excluding carboxylic acids is 1. The molecule has 0 saturated heterocycles. The summed E-state index contributed by atoms with van der Waals surface area (Å²) in [5, 5.41) is 0. The van der Waals surface area contributed by atoms with Crippen molar-refractivity contribution in [1.29, 1.82) is 0 Å². The minimum absolute atomic E-state index is 0.0315. The van der Waals surface area contributed by atoms with Crippen LogP contribution in [0.2, 0.25) is 0 Å². The fraction of sp³-hybridized carbons (Fsp3) is 0.562. The molecule has 0 unspecified atom stereocenters. The Hall–Kier alpha value is -1.59. The minimum atomic E-state index is -0.0315. The van der Waals surface area contributed by atoms with Gasteiger partial charge in [0.05, 0.1) is 26.0 Å². The van der Waals surface area contributed by atoms with Crippen molar-refractivity contribution in [3.8, 4) is 5.75 Å². The Morgan fingerprint density at radius 3 is 2.81 bits per heavy atom. The largest absolute Gasteiger partial charge is 0.495 e. The van der Waals surface area contributed by atoms with Crippen LogP contribution in [0, 0.1) is 6.92 Å². The third kappa shape index (κ3) is 3.54. The van der Waals surface area contributed by atoms with E-state index in [0.717, 1.165) is 24.3 Å². The molecule has 21 heavy (non-hydrogen) atoms. The Labute approximate surface area is 125 Å². The molecule has 2 rings (SSSR count). The minimum Gasteiger partial charge on any atom is -0.495 e. The van der Waals surface area contributed by atoms with Gasteiger partial charge in [-0.25, -0.2) is 0 Å². The zero-order chi connectivity index (χ0) is 15.2. The maximum Gasteiger partial charge on any atom is 0.253 e. The van der Waals surface area contributed by atoms with Crippen LogP contribution in [0.1, 0.15) is 17.5 Å². The van der Waals surface area contributed by atoms with Crippen molar-refractivity contribution in [2.45, 2.75) is 19.8 Å². The van der Waals surface area contributed by atoms with E-state index in [9.17, 15) is 4.79 Å². The van der Waals surface area contributed by atoms with Crippen LogP contribution in [0.5, 0.6) is 5.75 Å². The van der Waals surface area contributed by atoms with Gasteiger partial charge in [-0.2, -0.15) is 0 Å². The highest BCUT2D eigenvalue weighted by Crippen LogP contribution is 2.38. The number of nitrogens with zero attached hydrogens (tertiary/aromatic N) is 1. The van der Waals surface area contributed by atoms with Gasteiger partial charge in [0.15, 0.2) is 0 Å². The first-order valence-corrected chi connectivity index (χ1v) is 7.22. The van der Waals surface area contributed by atoms with E-state index in [2.05, 4.69) is 6.92 Å². The molecule has 5 nitrogen and oxygen atoms in total. The van der Waals surface area contributed by atoms with Crippen LogP contribution in [0.3, 0.4) is 0 Å². The van der Waals surface area contributed by atoms with Crippen LogP contribution in [0.15, 0.2) is 12.1 Å². The molecule has 0 atom stereocenters. The quantitative estimate of drug-likeness (QED) is 0.752. The van der Waals surface area contributed by atoms with Crippen molar-refractivity contribution in [2.24, 2.45) is 0 Å². The van der Waals surface area contributed by atoms with Gasteiger partial charge in [0, 0.05) is 13.7 Å². The standard InChI is InChI=1S/C16H23NO4/c1-12-6-7-14(20-3)16-13(12)5-4-8-17(16)15(18)11-21-10-9-19-2/h6-7H,4-5,8-11H2,1-3H3. The topological polar surface area (TPSA) is 48.0 Å². The lowest BCUT2D eigenvalue weighted by molar-refractivity contribution is -0.123. The summed E-state index contributed by atoms with van der Waals surface area (Å²) in [4.78, 5) is 14.2. The number of aryl methyl sites for hydroxylation is 1. The molecule has 0 fully saturated rings. The molecular weight excluding hydrogens is 270 g/mol. The van der Waals surface area contributed by atoms with Crippen molar-refractivity contribution >= 4 is 11.6 Å². The average molecular weight is 293 g/mol. The highest BCUT2D eigenvalue weighted by molar-refractivity contribution is 5.97. The van der Waals surface area contributed by atoms with Gasteiger partial charge in [0.25, 0.3) is 5.91 Å². The van der Waals surface area contributed by atoms with Crippen LogP contribution < -0.4 is 9.64 Å². The molecule has 1 aromatic carbocycles. The van der Waals surface area contributed by atoms with Crippen LogP contribution in [-0.4, -0.2) is 46.5 Å². The van der Waals surface area contributed by atoms with Gasteiger partial charge < -0.3 is 19.1 Å². The Morgan fingerprint density at radius 2 is 2.10 bits per heavy atom. The molecule has 1 heterocycles. The Morgan fingerprint density at radius 1 is 1.29 bits per heavy atom. The second kappa shape index (κ2) is 7.43. The number of anilines is 1. The van der Waals surface area contributed by atoms with Gasteiger partial charge >= 0.3 is 0 Å². The molecule has 0 saturated carbocycles. The molecular formula is C16H23NO4. The molecule has 0 aromatic heterocycles. The zero-order valence-corrected chi connectivity index (χ0v) is 13.0. The number of methoxy groups -OCH3 is 2. The van der Waals surface area contributed by atoms with E-state index in [0.29, 0.717) is 19.8 Å². The van der Waals surface area contributed by atoms with Crippen molar-refractivity contribution in [2.75, 3.05) is 45.5 Å². The maximum absolute atomic E-state index is 12.4. The van der Waals surface area contributed by atoms with E-state index >= 15 is 0 Å². The number of hydrogen-bond donors (Lipinski definition) is 0. The zero-order valence-electron chi connectivity index (χ0n) is 13.0. The van der Waals surface area contributed by atoms with E-state index in [1.807, 2.05) is 12.1 Å². The number of hydrogen-bond acceptors (Lipinski definition) is 4. The summed E-state index contributed by atoms with van der Waals surface area (Å²) in [6.07, 6.45) is 1.94. The molecule has 0 N–H and O–H groups in total. The maximum atomic E-state index is 12.4. The Bertz CT molecular complexity index is 501. The van der Waals surface area contributed by atoms with E-state index < -0.39 is 0 Å². The van der Waals surface area contributed by atoms with Gasteiger partial charge in [0.2, 0.25) is 0 Å². The number of rotatable bonds is 6. The van der Waals surface area contributed by atoms with E-state index in [4.69, 9.17) is 14.2 Å². The van der Waals surface area contributed by atoms with Gasteiger partial charge in [-0.05, 0) is 37.0 Å². The van der Waals surface area contributed by atoms with E-state index in [1.165, 1.54) is 11.1 Å². The summed E-state index contributed by atoms with van der Waals surface area (Å²) >= 11 is 0. The molecule has 5 heteroatoms. The van der Waals surface area contributed by atoms with Crippen LogP contribution in [-0.2, 0) is 20.7 Å². The number of ether oxygens (including phenoxy) is 3. The van der Waals surface area contributed by atoms with E-state index in [-0.39, 0.29) is 12.5 Å². The summed E-state index contributed by atoms with van der Waals surface area (Å²) in [6.45, 7) is 3.76. The molecule has 0 radical (unpaired) electrons. The molecule has 0 aliphatic carbocycles. The van der Waals surface area contributed by atoms with Crippen LogP contribution in [0.25, 0.3) is 0 Å². The normalized spacial score (nSPS) is 14.0. The molecule has 1 aliphatic heterocycles. The number of fused-ring (bicyclic) bond motifs is 1. The van der Waals surface area contributed by atoms with Crippen molar-refractivity contribution in [1.82, 2.24) is 0 Å². The Kier molecular flexibility index (Phi) is 5.59. The van der Waals surface area contributed by atoms with Gasteiger partial charge in [0.1, 0.15) is 12.4 Å². The highest BCUT2D eigenvalue weighted by Gasteiger charge is 2.27. The number of amides is 1. The first kappa shape index (κ1) is 15.8.